The second kappa shape index (κ2) is 7.87. The van der Waals surface area contributed by atoms with Gasteiger partial charge in [-0.1, -0.05) is 11.3 Å². The molecular formula is C12H15N3O3S2. The Morgan fingerprint density at radius 1 is 1.55 bits per heavy atom. The van der Waals surface area contributed by atoms with Crippen molar-refractivity contribution in [2.24, 2.45) is 0 Å². The molecule has 0 aliphatic carbocycles. The summed E-state index contributed by atoms with van der Waals surface area (Å²) in [6.07, 6.45) is -0.204. The average molecular weight is 313 g/mol. The lowest BCUT2D eigenvalue weighted by atomic mass is 10.4. The van der Waals surface area contributed by atoms with E-state index in [1.807, 2.05) is 6.07 Å². The first-order valence-corrected chi connectivity index (χ1v) is 7.84. The number of carbonyl (C=O) groups is 2. The molecule has 0 aromatic carbocycles. The molecule has 108 valence electrons. The summed E-state index contributed by atoms with van der Waals surface area (Å²) in [5, 5.41) is 11.3. The van der Waals surface area contributed by atoms with Crippen LogP contribution in [0.3, 0.4) is 0 Å². The second-order valence-corrected chi connectivity index (χ2v) is 6.07. The number of aromatic nitrogens is 1. The number of nitriles is 1. The highest BCUT2D eigenvalue weighted by Gasteiger charge is 2.18. The van der Waals surface area contributed by atoms with E-state index >= 15 is 0 Å². The van der Waals surface area contributed by atoms with Crippen LogP contribution in [0.15, 0.2) is 0 Å². The third-order valence-corrected chi connectivity index (χ3v) is 3.82. The standard InChI is InChI=1S/C12H15N3O3S2/c1-7(2)18-11(17)10-8(3)14-12(20-10)15-9(16)6-19-5-4-13/h7H,5-6H2,1-3H3,(H,14,15,16). The van der Waals surface area contributed by atoms with Gasteiger partial charge in [0.2, 0.25) is 5.91 Å². The molecule has 8 heteroatoms. The van der Waals surface area contributed by atoms with Gasteiger partial charge in [0.25, 0.3) is 0 Å². The number of ether oxygens (including phenoxy) is 1. The highest BCUT2D eigenvalue weighted by molar-refractivity contribution is 8.00. The monoisotopic (exact) mass is 313 g/mol. The first-order chi connectivity index (χ1) is 9.43. The normalized spacial score (nSPS) is 10.2. The van der Waals surface area contributed by atoms with Gasteiger partial charge in [-0.2, -0.15) is 5.26 Å². The van der Waals surface area contributed by atoms with Crippen LogP contribution >= 0.6 is 23.1 Å². The molecule has 0 saturated heterocycles. The van der Waals surface area contributed by atoms with Crippen LogP contribution < -0.4 is 5.32 Å². The summed E-state index contributed by atoms with van der Waals surface area (Å²) in [6, 6.07) is 1.94. The molecule has 1 rings (SSSR count). The quantitative estimate of drug-likeness (QED) is 0.639. The molecule has 0 unspecified atom stereocenters. The van der Waals surface area contributed by atoms with Crippen LogP contribution in [-0.2, 0) is 9.53 Å². The number of rotatable bonds is 6. The van der Waals surface area contributed by atoms with Crippen molar-refractivity contribution in [1.29, 1.82) is 5.26 Å². The molecule has 1 aromatic heterocycles. The Morgan fingerprint density at radius 2 is 2.25 bits per heavy atom. The van der Waals surface area contributed by atoms with Crippen LogP contribution in [0.5, 0.6) is 0 Å². The predicted octanol–water partition coefficient (Wildman–Crippen LogP) is 2.21. The van der Waals surface area contributed by atoms with Gasteiger partial charge in [0.1, 0.15) is 4.88 Å². The average Bonchev–Trinajstić information content (AvgIpc) is 2.69. The van der Waals surface area contributed by atoms with Gasteiger partial charge in [0.05, 0.1) is 29.4 Å². The number of thioether (sulfide) groups is 1. The van der Waals surface area contributed by atoms with Gasteiger partial charge in [-0.05, 0) is 20.8 Å². The lowest BCUT2D eigenvalue weighted by Gasteiger charge is -2.05. The zero-order valence-corrected chi connectivity index (χ0v) is 13.1. The van der Waals surface area contributed by atoms with Gasteiger partial charge >= 0.3 is 5.97 Å². The van der Waals surface area contributed by atoms with Crippen molar-refractivity contribution in [2.45, 2.75) is 26.9 Å². The molecule has 0 aliphatic rings. The number of hydrogen-bond donors (Lipinski definition) is 1. The number of carbonyl (C=O) groups excluding carboxylic acids is 2. The third-order valence-electron chi connectivity index (χ3n) is 1.97. The molecule has 6 nitrogen and oxygen atoms in total. The molecule has 1 N–H and O–H groups in total. The molecule has 0 atom stereocenters. The van der Waals surface area contributed by atoms with Crippen LogP contribution in [0.2, 0.25) is 0 Å². The van der Waals surface area contributed by atoms with Crippen LogP contribution in [0, 0.1) is 18.3 Å². The van der Waals surface area contributed by atoms with Crippen molar-refractivity contribution < 1.29 is 14.3 Å². The molecule has 0 saturated carbocycles. The van der Waals surface area contributed by atoms with E-state index in [1.54, 1.807) is 20.8 Å². The fourth-order valence-corrected chi connectivity index (χ4v) is 2.57. The van der Waals surface area contributed by atoms with Gasteiger partial charge in [0.15, 0.2) is 5.13 Å². The maximum atomic E-state index is 11.8. The smallest absolute Gasteiger partial charge is 0.350 e. The van der Waals surface area contributed by atoms with Gasteiger partial charge in [-0.15, -0.1) is 11.8 Å². The first kappa shape index (κ1) is 16.5. The molecular weight excluding hydrogens is 298 g/mol. The van der Waals surface area contributed by atoms with Crippen LogP contribution in [-0.4, -0.2) is 34.5 Å². The number of nitrogens with one attached hydrogen (secondary N) is 1. The first-order valence-electron chi connectivity index (χ1n) is 5.87. The topological polar surface area (TPSA) is 92.1 Å². The Balaban J connectivity index is 2.63. The molecule has 0 aliphatic heterocycles. The molecule has 20 heavy (non-hydrogen) atoms. The van der Waals surface area contributed by atoms with Crippen molar-refractivity contribution >= 4 is 40.1 Å². The maximum Gasteiger partial charge on any atom is 0.350 e. The van der Waals surface area contributed by atoms with E-state index in [0.717, 1.165) is 11.3 Å². The number of amides is 1. The number of anilines is 1. The lowest BCUT2D eigenvalue weighted by Crippen LogP contribution is -2.14. The third kappa shape index (κ3) is 5.19. The van der Waals surface area contributed by atoms with Gasteiger partial charge in [0, 0.05) is 0 Å². The Bertz CT molecular complexity index is 535. The Labute approximate surface area is 125 Å². The minimum Gasteiger partial charge on any atom is -0.459 e. The van der Waals surface area contributed by atoms with E-state index in [0.29, 0.717) is 15.7 Å². The molecule has 0 spiro atoms. The van der Waals surface area contributed by atoms with E-state index in [-0.39, 0.29) is 23.5 Å². The number of hydrogen-bond acceptors (Lipinski definition) is 7. The maximum absolute atomic E-state index is 11.8. The zero-order chi connectivity index (χ0) is 15.1. The molecule has 0 bridgehead atoms. The molecule has 0 radical (unpaired) electrons. The number of esters is 1. The molecule has 1 amide bonds. The summed E-state index contributed by atoms with van der Waals surface area (Å²) in [5.41, 5.74) is 0.528. The summed E-state index contributed by atoms with van der Waals surface area (Å²) < 4.78 is 5.09. The van der Waals surface area contributed by atoms with E-state index in [2.05, 4.69) is 10.3 Å². The van der Waals surface area contributed by atoms with Crippen molar-refractivity contribution in [3.63, 3.8) is 0 Å². The number of nitrogens with zero attached hydrogens (tertiary/aromatic N) is 2. The van der Waals surface area contributed by atoms with E-state index < -0.39 is 5.97 Å². The van der Waals surface area contributed by atoms with Gasteiger partial charge in [-0.25, -0.2) is 9.78 Å². The summed E-state index contributed by atoms with van der Waals surface area (Å²) in [4.78, 5) is 27.9. The van der Waals surface area contributed by atoms with Crippen LogP contribution in [0.1, 0.15) is 29.2 Å². The van der Waals surface area contributed by atoms with Gasteiger partial charge in [-0.3, -0.25) is 4.79 Å². The summed E-state index contributed by atoms with van der Waals surface area (Å²) in [5.74, 6) is -0.244. The number of aryl methyl sites for hydroxylation is 1. The van der Waals surface area contributed by atoms with Crippen LogP contribution in [0.25, 0.3) is 0 Å². The Morgan fingerprint density at radius 3 is 2.85 bits per heavy atom. The predicted molar refractivity (Wildman–Crippen MR) is 79.0 cm³/mol. The van der Waals surface area contributed by atoms with E-state index in [4.69, 9.17) is 10.00 Å². The van der Waals surface area contributed by atoms with Crippen molar-refractivity contribution in [3.05, 3.63) is 10.6 Å². The van der Waals surface area contributed by atoms with Crippen LogP contribution in [0.4, 0.5) is 5.13 Å². The Hall–Kier alpha value is -1.59. The molecule has 0 fully saturated rings. The van der Waals surface area contributed by atoms with E-state index in [1.165, 1.54) is 11.8 Å². The van der Waals surface area contributed by atoms with Crippen molar-refractivity contribution in [3.8, 4) is 6.07 Å². The summed E-state index contributed by atoms with van der Waals surface area (Å²) in [6.45, 7) is 5.22. The fourth-order valence-electron chi connectivity index (χ4n) is 1.25. The fraction of sp³-hybridized carbons (Fsp3) is 0.500. The number of thiazole rings is 1. The van der Waals surface area contributed by atoms with Crippen molar-refractivity contribution in [2.75, 3.05) is 16.8 Å². The second-order valence-electron chi connectivity index (χ2n) is 4.09. The van der Waals surface area contributed by atoms with E-state index in [9.17, 15) is 9.59 Å². The highest BCUT2D eigenvalue weighted by Crippen LogP contribution is 2.23. The van der Waals surface area contributed by atoms with Crippen molar-refractivity contribution in [1.82, 2.24) is 4.98 Å². The zero-order valence-electron chi connectivity index (χ0n) is 11.4. The SMILES string of the molecule is Cc1nc(NC(=O)CSCC#N)sc1C(=O)OC(C)C. The minimum atomic E-state index is -0.436. The Kier molecular flexibility index (Phi) is 6.48. The minimum absolute atomic E-state index is 0.179. The lowest BCUT2D eigenvalue weighted by molar-refractivity contribution is -0.113. The highest BCUT2D eigenvalue weighted by atomic mass is 32.2. The molecule has 1 aromatic rings. The largest absolute Gasteiger partial charge is 0.459 e. The summed E-state index contributed by atoms with van der Waals surface area (Å²) in [7, 11) is 0. The summed E-state index contributed by atoms with van der Waals surface area (Å²) >= 11 is 2.30. The van der Waals surface area contributed by atoms with Gasteiger partial charge < -0.3 is 10.1 Å². The molecule has 1 heterocycles.